The molecule has 0 bridgehead atoms. The van der Waals surface area contributed by atoms with E-state index in [-0.39, 0.29) is 24.0 Å². The van der Waals surface area contributed by atoms with Crippen molar-refractivity contribution in [2.75, 3.05) is 39.3 Å². The first-order valence-corrected chi connectivity index (χ1v) is 9.61. The van der Waals surface area contributed by atoms with Crippen LogP contribution in [0, 0.1) is 19.8 Å². The van der Waals surface area contributed by atoms with Crippen molar-refractivity contribution in [2.45, 2.75) is 40.5 Å². The fourth-order valence-corrected chi connectivity index (χ4v) is 3.78. The molecular formula is C17H32IN5S. The van der Waals surface area contributed by atoms with Gasteiger partial charge in [-0.25, -0.2) is 4.98 Å². The lowest BCUT2D eigenvalue weighted by Gasteiger charge is -2.13. The standard InChI is InChI=1S/C17H31N5S.HI/c1-5-18-17(20-11-15-8-10-22(6-2)12-15)19-9-7-16-21-13(3)14(4)23-16;/h15H,5-12H2,1-4H3,(H2,18,19,20);1H. The summed E-state index contributed by atoms with van der Waals surface area (Å²) in [7, 11) is 0. The van der Waals surface area contributed by atoms with E-state index < -0.39 is 0 Å². The first-order valence-electron chi connectivity index (χ1n) is 8.79. The van der Waals surface area contributed by atoms with E-state index in [0.717, 1.165) is 44.3 Å². The third kappa shape index (κ3) is 6.84. The lowest BCUT2D eigenvalue weighted by molar-refractivity contribution is 0.343. The summed E-state index contributed by atoms with van der Waals surface area (Å²) in [6.07, 6.45) is 2.23. The monoisotopic (exact) mass is 465 g/mol. The van der Waals surface area contributed by atoms with E-state index in [1.165, 1.54) is 29.4 Å². The highest BCUT2D eigenvalue weighted by Crippen LogP contribution is 2.17. The van der Waals surface area contributed by atoms with Crippen molar-refractivity contribution in [1.82, 2.24) is 20.5 Å². The number of hydrogen-bond donors (Lipinski definition) is 2. The molecule has 1 aliphatic heterocycles. The number of aromatic nitrogens is 1. The molecule has 5 nitrogen and oxygen atoms in total. The molecule has 1 saturated heterocycles. The van der Waals surface area contributed by atoms with Gasteiger partial charge < -0.3 is 15.5 Å². The SMILES string of the molecule is CCNC(=NCC1CCN(CC)C1)NCCc1nc(C)c(C)s1.I. The van der Waals surface area contributed by atoms with Gasteiger partial charge in [0.05, 0.1) is 10.7 Å². The molecule has 0 saturated carbocycles. The van der Waals surface area contributed by atoms with E-state index in [2.05, 4.69) is 48.2 Å². The van der Waals surface area contributed by atoms with Gasteiger partial charge in [-0.2, -0.15) is 0 Å². The molecular weight excluding hydrogens is 433 g/mol. The predicted octanol–water partition coefficient (Wildman–Crippen LogP) is 2.82. The molecule has 1 atom stereocenters. The van der Waals surface area contributed by atoms with Gasteiger partial charge in [0.25, 0.3) is 0 Å². The number of guanidine groups is 1. The normalized spacial score (nSPS) is 18.5. The molecule has 0 amide bonds. The zero-order valence-electron chi connectivity index (χ0n) is 15.4. The van der Waals surface area contributed by atoms with Crippen LogP contribution in [0.5, 0.6) is 0 Å². The molecule has 1 aromatic heterocycles. The largest absolute Gasteiger partial charge is 0.357 e. The molecule has 138 valence electrons. The third-order valence-electron chi connectivity index (χ3n) is 4.37. The molecule has 7 heteroatoms. The second kappa shape index (κ2) is 11.3. The second-order valence-electron chi connectivity index (χ2n) is 6.19. The fourth-order valence-electron chi connectivity index (χ4n) is 2.85. The van der Waals surface area contributed by atoms with Crippen LogP contribution in [0.3, 0.4) is 0 Å². The number of likely N-dealkylation sites (tertiary alicyclic amines) is 1. The van der Waals surface area contributed by atoms with Crippen molar-refractivity contribution < 1.29 is 0 Å². The Balaban J connectivity index is 0.00000288. The van der Waals surface area contributed by atoms with E-state index in [1.807, 2.05) is 0 Å². The highest BCUT2D eigenvalue weighted by molar-refractivity contribution is 14.0. The zero-order valence-corrected chi connectivity index (χ0v) is 18.5. The van der Waals surface area contributed by atoms with Crippen LogP contribution < -0.4 is 10.6 Å². The number of hydrogen-bond acceptors (Lipinski definition) is 4. The summed E-state index contributed by atoms with van der Waals surface area (Å²) in [4.78, 5) is 13.2. The van der Waals surface area contributed by atoms with E-state index in [4.69, 9.17) is 4.99 Å². The smallest absolute Gasteiger partial charge is 0.191 e. The van der Waals surface area contributed by atoms with E-state index in [9.17, 15) is 0 Å². The molecule has 2 heterocycles. The van der Waals surface area contributed by atoms with Crippen LogP contribution in [-0.2, 0) is 6.42 Å². The van der Waals surface area contributed by atoms with Gasteiger partial charge in [-0.15, -0.1) is 35.3 Å². The molecule has 0 aromatic carbocycles. The van der Waals surface area contributed by atoms with Crippen LogP contribution in [0.2, 0.25) is 0 Å². The number of aliphatic imine (C=N–C) groups is 1. The lowest BCUT2D eigenvalue weighted by Crippen LogP contribution is -2.38. The summed E-state index contributed by atoms with van der Waals surface area (Å²) in [5.74, 6) is 1.64. The minimum absolute atomic E-state index is 0. The molecule has 2 N–H and O–H groups in total. The van der Waals surface area contributed by atoms with Crippen LogP contribution in [0.4, 0.5) is 0 Å². The number of nitrogens with zero attached hydrogens (tertiary/aromatic N) is 3. The quantitative estimate of drug-likeness (QED) is 0.370. The average molecular weight is 465 g/mol. The van der Waals surface area contributed by atoms with Crippen molar-refractivity contribution in [2.24, 2.45) is 10.9 Å². The van der Waals surface area contributed by atoms with E-state index in [1.54, 1.807) is 11.3 Å². The summed E-state index contributed by atoms with van der Waals surface area (Å²) in [5, 5.41) is 7.99. The number of aryl methyl sites for hydroxylation is 2. The van der Waals surface area contributed by atoms with Gasteiger partial charge in [0.2, 0.25) is 0 Å². The Morgan fingerprint density at radius 3 is 2.71 bits per heavy atom. The van der Waals surface area contributed by atoms with Gasteiger partial charge in [0.1, 0.15) is 0 Å². The first-order chi connectivity index (χ1) is 11.1. The minimum atomic E-state index is 0. The van der Waals surface area contributed by atoms with Crippen LogP contribution >= 0.6 is 35.3 Å². The van der Waals surface area contributed by atoms with Crippen LogP contribution in [-0.4, -0.2) is 55.1 Å². The summed E-state index contributed by atoms with van der Waals surface area (Å²) >= 11 is 1.80. The molecule has 0 radical (unpaired) electrons. The average Bonchev–Trinajstić information content (AvgIpc) is 3.12. The van der Waals surface area contributed by atoms with Gasteiger partial charge in [-0.05, 0) is 46.2 Å². The highest BCUT2D eigenvalue weighted by atomic mass is 127. The van der Waals surface area contributed by atoms with E-state index in [0.29, 0.717) is 5.92 Å². The van der Waals surface area contributed by atoms with Crippen molar-refractivity contribution in [1.29, 1.82) is 0 Å². The molecule has 0 spiro atoms. The highest BCUT2D eigenvalue weighted by Gasteiger charge is 2.20. The molecule has 1 unspecified atom stereocenters. The summed E-state index contributed by atoms with van der Waals surface area (Å²) in [5.41, 5.74) is 1.16. The van der Waals surface area contributed by atoms with Crippen molar-refractivity contribution >= 4 is 41.3 Å². The Bertz CT molecular complexity index is 498. The lowest BCUT2D eigenvalue weighted by atomic mass is 10.1. The number of rotatable bonds is 7. The van der Waals surface area contributed by atoms with Crippen molar-refractivity contribution in [3.63, 3.8) is 0 Å². The summed E-state index contributed by atoms with van der Waals surface area (Å²) in [6, 6.07) is 0. The number of thiazole rings is 1. The van der Waals surface area contributed by atoms with Crippen molar-refractivity contribution in [3.8, 4) is 0 Å². The Labute approximate surface area is 167 Å². The van der Waals surface area contributed by atoms with Gasteiger partial charge in [-0.3, -0.25) is 4.99 Å². The summed E-state index contributed by atoms with van der Waals surface area (Å²) < 4.78 is 0. The van der Waals surface area contributed by atoms with E-state index >= 15 is 0 Å². The Morgan fingerprint density at radius 1 is 1.33 bits per heavy atom. The van der Waals surface area contributed by atoms with Crippen molar-refractivity contribution in [3.05, 3.63) is 15.6 Å². The maximum Gasteiger partial charge on any atom is 0.191 e. The van der Waals surface area contributed by atoms with Gasteiger partial charge in [0, 0.05) is 37.5 Å². The molecule has 0 aliphatic carbocycles. The van der Waals surface area contributed by atoms with Crippen LogP contribution in [0.1, 0.15) is 35.8 Å². The Morgan fingerprint density at radius 2 is 2.12 bits per heavy atom. The van der Waals surface area contributed by atoms with Crippen LogP contribution in [0.25, 0.3) is 0 Å². The zero-order chi connectivity index (χ0) is 16.7. The Kier molecular flexibility index (Phi) is 10.1. The number of halogens is 1. The fraction of sp³-hybridized carbons (Fsp3) is 0.765. The second-order valence-corrected chi connectivity index (χ2v) is 7.48. The first kappa shape index (κ1) is 21.6. The van der Waals surface area contributed by atoms with Gasteiger partial charge in [-0.1, -0.05) is 6.92 Å². The van der Waals surface area contributed by atoms with Crippen LogP contribution in [0.15, 0.2) is 4.99 Å². The molecule has 2 rings (SSSR count). The summed E-state index contributed by atoms with van der Waals surface area (Å²) in [6.45, 7) is 14.8. The molecule has 1 aliphatic rings. The number of nitrogens with one attached hydrogen (secondary N) is 2. The molecule has 1 fully saturated rings. The molecule has 1 aromatic rings. The predicted molar refractivity (Wildman–Crippen MR) is 115 cm³/mol. The molecule has 24 heavy (non-hydrogen) atoms. The maximum atomic E-state index is 4.77. The van der Waals surface area contributed by atoms with Gasteiger partial charge >= 0.3 is 0 Å². The maximum absolute atomic E-state index is 4.77. The minimum Gasteiger partial charge on any atom is -0.357 e. The van der Waals surface area contributed by atoms with Gasteiger partial charge in [0.15, 0.2) is 5.96 Å². The Hall–Kier alpha value is -0.410. The topological polar surface area (TPSA) is 52.6 Å². The third-order valence-corrected chi connectivity index (χ3v) is 5.51.